The number of rotatable bonds is 5. The molecule has 1 saturated heterocycles. The summed E-state index contributed by atoms with van der Waals surface area (Å²) >= 11 is 1.78. The van der Waals surface area contributed by atoms with Crippen LogP contribution in [0.1, 0.15) is 34.9 Å². The van der Waals surface area contributed by atoms with E-state index < -0.39 is 0 Å². The number of hydrogen-bond acceptors (Lipinski definition) is 4. The number of para-hydroxylation sites is 1. The molecule has 1 fully saturated rings. The van der Waals surface area contributed by atoms with E-state index in [4.69, 9.17) is 4.98 Å². The number of carbonyl (C=O) groups is 1. The predicted molar refractivity (Wildman–Crippen MR) is 116 cm³/mol. The molecule has 1 amide bonds. The maximum atomic E-state index is 12.9. The number of piperidine rings is 1. The summed E-state index contributed by atoms with van der Waals surface area (Å²) in [7, 11) is 2.03. The summed E-state index contributed by atoms with van der Waals surface area (Å²) in [5.41, 5.74) is 3.63. The van der Waals surface area contributed by atoms with E-state index in [0.29, 0.717) is 12.5 Å². The summed E-state index contributed by atoms with van der Waals surface area (Å²) < 4.78 is 1.24. The maximum absolute atomic E-state index is 12.9. The van der Waals surface area contributed by atoms with E-state index in [1.807, 2.05) is 18.0 Å². The molecule has 0 radical (unpaired) electrons. The van der Waals surface area contributed by atoms with Crippen LogP contribution in [0.15, 0.2) is 48.5 Å². The van der Waals surface area contributed by atoms with Crippen LogP contribution in [0.5, 0.6) is 0 Å². The van der Waals surface area contributed by atoms with Gasteiger partial charge in [-0.3, -0.25) is 9.69 Å². The smallest absolute Gasteiger partial charge is 0.236 e. The number of fused-ring (bicyclic) bond motifs is 1. The Bertz CT molecular complexity index is 934. The molecule has 2 heterocycles. The van der Waals surface area contributed by atoms with Crippen LogP contribution in [0.4, 0.5) is 0 Å². The Hall–Kier alpha value is -2.24. The van der Waals surface area contributed by atoms with Gasteiger partial charge in [0.2, 0.25) is 5.91 Å². The first kappa shape index (κ1) is 19.1. The standard InChI is InChI=1S/C23H27N3OS/c1-17-8-3-4-9-18(17)14-25(2)16-22(27)26-13-7-10-19(15-26)23-24-20-11-5-6-12-21(20)28-23/h3-6,8-9,11-12,19H,7,10,13-16H2,1-2H3/t19-/m1/s1. The molecule has 3 aromatic rings. The highest BCUT2D eigenvalue weighted by atomic mass is 32.1. The Balaban J connectivity index is 1.38. The van der Waals surface area contributed by atoms with Crippen LogP contribution >= 0.6 is 11.3 Å². The topological polar surface area (TPSA) is 36.4 Å². The summed E-state index contributed by atoms with van der Waals surface area (Å²) in [6.45, 7) is 5.03. The molecule has 1 aliphatic heterocycles. The summed E-state index contributed by atoms with van der Waals surface area (Å²) in [5, 5.41) is 1.17. The van der Waals surface area contributed by atoms with E-state index in [0.717, 1.165) is 38.0 Å². The van der Waals surface area contributed by atoms with Gasteiger partial charge in [0.05, 0.1) is 21.8 Å². The number of aryl methyl sites for hydroxylation is 1. The van der Waals surface area contributed by atoms with Crippen LogP contribution < -0.4 is 0 Å². The van der Waals surface area contributed by atoms with Crippen molar-refractivity contribution >= 4 is 27.5 Å². The molecule has 1 atom stereocenters. The number of likely N-dealkylation sites (N-methyl/N-ethyl adjacent to an activating group) is 1. The average Bonchev–Trinajstić information content (AvgIpc) is 3.14. The van der Waals surface area contributed by atoms with Crippen molar-refractivity contribution in [3.05, 3.63) is 64.7 Å². The number of amides is 1. The van der Waals surface area contributed by atoms with Crippen LogP contribution in [-0.2, 0) is 11.3 Å². The number of aromatic nitrogens is 1. The first-order valence-electron chi connectivity index (χ1n) is 9.96. The zero-order valence-corrected chi connectivity index (χ0v) is 17.4. The normalized spacial score (nSPS) is 17.4. The summed E-state index contributed by atoms with van der Waals surface area (Å²) in [5.74, 6) is 0.582. The van der Waals surface area contributed by atoms with Gasteiger partial charge in [0.15, 0.2) is 0 Å². The monoisotopic (exact) mass is 393 g/mol. The van der Waals surface area contributed by atoms with Crippen LogP contribution in [0.2, 0.25) is 0 Å². The van der Waals surface area contributed by atoms with Gasteiger partial charge < -0.3 is 4.90 Å². The molecule has 5 heteroatoms. The zero-order valence-electron chi connectivity index (χ0n) is 16.6. The van der Waals surface area contributed by atoms with E-state index in [-0.39, 0.29) is 5.91 Å². The Morgan fingerprint density at radius 1 is 1.21 bits per heavy atom. The lowest BCUT2D eigenvalue weighted by Gasteiger charge is -2.33. The predicted octanol–water partition coefficient (Wildman–Crippen LogP) is 4.44. The van der Waals surface area contributed by atoms with Crippen molar-refractivity contribution in [1.29, 1.82) is 0 Å². The second kappa shape index (κ2) is 8.41. The molecule has 1 aliphatic rings. The van der Waals surface area contributed by atoms with Gasteiger partial charge in [0.1, 0.15) is 0 Å². The fourth-order valence-corrected chi connectivity index (χ4v) is 5.03. The van der Waals surface area contributed by atoms with Crippen molar-refractivity contribution in [1.82, 2.24) is 14.8 Å². The Morgan fingerprint density at radius 3 is 2.82 bits per heavy atom. The molecule has 146 valence electrons. The van der Waals surface area contributed by atoms with Gasteiger partial charge in [0.25, 0.3) is 0 Å². The molecular formula is C23H27N3OS. The first-order chi connectivity index (χ1) is 13.6. The lowest BCUT2D eigenvalue weighted by Crippen LogP contribution is -2.43. The number of thiazole rings is 1. The minimum Gasteiger partial charge on any atom is -0.341 e. The molecule has 0 unspecified atom stereocenters. The van der Waals surface area contributed by atoms with Crippen molar-refractivity contribution in [2.24, 2.45) is 0 Å². The fourth-order valence-electron chi connectivity index (χ4n) is 3.93. The highest BCUT2D eigenvalue weighted by Gasteiger charge is 2.27. The molecule has 0 spiro atoms. The van der Waals surface area contributed by atoms with E-state index in [1.54, 1.807) is 11.3 Å². The second-order valence-corrected chi connectivity index (χ2v) is 8.86. The summed E-state index contributed by atoms with van der Waals surface area (Å²) in [6, 6.07) is 16.7. The SMILES string of the molecule is Cc1ccccc1CN(C)CC(=O)N1CCC[C@@H](c2nc3ccccc3s2)C1. The van der Waals surface area contributed by atoms with Gasteiger partial charge >= 0.3 is 0 Å². The lowest BCUT2D eigenvalue weighted by molar-refractivity contribution is -0.133. The van der Waals surface area contributed by atoms with E-state index in [1.165, 1.54) is 20.8 Å². The van der Waals surface area contributed by atoms with Gasteiger partial charge in [-0.15, -0.1) is 11.3 Å². The van der Waals surface area contributed by atoms with Crippen LogP contribution in [0.25, 0.3) is 10.2 Å². The molecule has 0 saturated carbocycles. The highest BCUT2D eigenvalue weighted by Crippen LogP contribution is 2.33. The van der Waals surface area contributed by atoms with Crippen LogP contribution in [0, 0.1) is 6.92 Å². The number of likely N-dealkylation sites (tertiary alicyclic amines) is 1. The van der Waals surface area contributed by atoms with Crippen molar-refractivity contribution in [3.8, 4) is 0 Å². The number of benzene rings is 2. The van der Waals surface area contributed by atoms with Crippen molar-refractivity contribution in [2.75, 3.05) is 26.7 Å². The van der Waals surface area contributed by atoms with E-state index in [9.17, 15) is 4.79 Å². The zero-order chi connectivity index (χ0) is 19.5. The first-order valence-corrected chi connectivity index (χ1v) is 10.8. The van der Waals surface area contributed by atoms with E-state index >= 15 is 0 Å². The Morgan fingerprint density at radius 2 is 2.00 bits per heavy atom. The quantitative estimate of drug-likeness (QED) is 0.643. The molecule has 4 nitrogen and oxygen atoms in total. The summed E-state index contributed by atoms with van der Waals surface area (Å²) in [6.07, 6.45) is 2.16. The van der Waals surface area contributed by atoms with Gasteiger partial charge in [-0.2, -0.15) is 0 Å². The van der Waals surface area contributed by atoms with Crippen LogP contribution in [-0.4, -0.2) is 47.4 Å². The lowest BCUT2D eigenvalue weighted by atomic mass is 9.98. The molecular weight excluding hydrogens is 366 g/mol. The van der Waals surface area contributed by atoms with Crippen LogP contribution in [0.3, 0.4) is 0 Å². The minimum absolute atomic E-state index is 0.224. The van der Waals surface area contributed by atoms with Gasteiger partial charge in [0, 0.05) is 25.6 Å². The third kappa shape index (κ3) is 4.26. The molecule has 0 bridgehead atoms. The largest absolute Gasteiger partial charge is 0.341 e. The molecule has 4 rings (SSSR count). The number of nitrogens with zero attached hydrogens (tertiary/aromatic N) is 3. The van der Waals surface area contributed by atoms with Gasteiger partial charge in [-0.05, 0) is 50.1 Å². The van der Waals surface area contributed by atoms with Crippen molar-refractivity contribution in [2.45, 2.75) is 32.2 Å². The summed E-state index contributed by atoms with van der Waals surface area (Å²) in [4.78, 5) is 21.9. The fraction of sp³-hybridized carbons (Fsp3) is 0.391. The Labute approximate surface area is 170 Å². The molecule has 2 aromatic carbocycles. The molecule has 0 N–H and O–H groups in total. The number of carbonyl (C=O) groups excluding carboxylic acids is 1. The second-order valence-electron chi connectivity index (χ2n) is 7.80. The van der Waals surface area contributed by atoms with Gasteiger partial charge in [-0.25, -0.2) is 4.98 Å². The van der Waals surface area contributed by atoms with Crippen molar-refractivity contribution in [3.63, 3.8) is 0 Å². The van der Waals surface area contributed by atoms with Crippen molar-refractivity contribution < 1.29 is 4.79 Å². The van der Waals surface area contributed by atoms with Gasteiger partial charge in [-0.1, -0.05) is 36.4 Å². The average molecular weight is 394 g/mol. The maximum Gasteiger partial charge on any atom is 0.236 e. The molecule has 0 aliphatic carbocycles. The highest BCUT2D eigenvalue weighted by molar-refractivity contribution is 7.18. The molecule has 28 heavy (non-hydrogen) atoms. The minimum atomic E-state index is 0.224. The Kier molecular flexibility index (Phi) is 5.74. The third-order valence-electron chi connectivity index (χ3n) is 5.54. The van der Waals surface area contributed by atoms with E-state index in [2.05, 4.69) is 54.3 Å². The molecule has 1 aromatic heterocycles. The number of hydrogen-bond donors (Lipinski definition) is 0. The third-order valence-corrected chi connectivity index (χ3v) is 6.74.